The minimum atomic E-state index is -3.91. The van der Waals surface area contributed by atoms with E-state index >= 15 is 0 Å². The van der Waals surface area contributed by atoms with Gasteiger partial charge in [0.1, 0.15) is 17.3 Å². The van der Waals surface area contributed by atoms with Gasteiger partial charge in [-0.05, 0) is 37.1 Å². The van der Waals surface area contributed by atoms with Gasteiger partial charge in [-0.2, -0.15) is 4.31 Å². The van der Waals surface area contributed by atoms with E-state index in [2.05, 4.69) is 5.32 Å². The fraction of sp³-hybridized carbons (Fsp3) is 0.381. The van der Waals surface area contributed by atoms with Gasteiger partial charge in [0.15, 0.2) is 11.5 Å². The van der Waals surface area contributed by atoms with Crippen LogP contribution in [0.5, 0.6) is 11.5 Å². The average molecular weight is 437 g/mol. The molecule has 2 aromatic rings. The molecule has 30 heavy (non-hydrogen) atoms. The summed E-state index contributed by atoms with van der Waals surface area (Å²) < 4.78 is 51.2. The molecule has 2 aromatic carbocycles. The first-order chi connectivity index (χ1) is 14.4. The molecule has 162 valence electrons. The number of nitrogens with zero attached hydrogens (tertiary/aromatic N) is 1. The lowest BCUT2D eigenvalue weighted by molar-refractivity contribution is -0.126. The summed E-state index contributed by atoms with van der Waals surface area (Å²) in [7, 11) is -2.35. The van der Waals surface area contributed by atoms with Gasteiger partial charge in [-0.25, -0.2) is 12.8 Å². The van der Waals surface area contributed by atoms with Crippen LogP contribution in [0.3, 0.4) is 0 Å². The molecule has 0 saturated carbocycles. The van der Waals surface area contributed by atoms with Gasteiger partial charge in [-0.15, -0.1) is 0 Å². The second-order valence-corrected chi connectivity index (χ2v) is 8.81. The maximum absolute atomic E-state index is 13.9. The van der Waals surface area contributed by atoms with E-state index in [4.69, 9.17) is 9.47 Å². The highest BCUT2D eigenvalue weighted by Crippen LogP contribution is 2.26. The molecule has 1 amide bonds. The first kappa shape index (κ1) is 22.0. The van der Waals surface area contributed by atoms with Crippen molar-refractivity contribution in [2.45, 2.75) is 17.7 Å². The smallest absolute Gasteiger partial charge is 0.245 e. The molecule has 1 N–H and O–H groups in total. The molecule has 1 aliphatic heterocycles. The van der Waals surface area contributed by atoms with Crippen LogP contribution in [0.2, 0.25) is 0 Å². The van der Waals surface area contributed by atoms with Gasteiger partial charge in [0.05, 0.1) is 13.7 Å². The standard InChI is InChI=1S/C21H25FN2O5S/c1-28-18-7-3-4-8-19(18)29-15-12-23-21(25)16-10-13-24(14-11-16)30(26,27)20-9-5-2-6-17(20)22/h2-9,16H,10-15H2,1H3,(H,23,25). The molecule has 0 radical (unpaired) electrons. The minimum Gasteiger partial charge on any atom is -0.493 e. The fourth-order valence-corrected chi connectivity index (χ4v) is 4.90. The van der Waals surface area contributed by atoms with Crippen LogP contribution in [0.25, 0.3) is 0 Å². The van der Waals surface area contributed by atoms with Crippen LogP contribution in [0.1, 0.15) is 12.8 Å². The molecule has 1 saturated heterocycles. The Morgan fingerprint density at radius 2 is 1.73 bits per heavy atom. The Morgan fingerprint density at radius 1 is 1.10 bits per heavy atom. The van der Waals surface area contributed by atoms with Crippen LogP contribution in [-0.2, 0) is 14.8 Å². The van der Waals surface area contributed by atoms with E-state index in [0.29, 0.717) is 30.9 Å². The van der Waals surface area contributed by atoms with Crippen molar-refractivity contribution in [3.8, 4) is 11.5 Å². The summed E-state index contributed by atoms with van der Waals surface area (Å²) in [5.41, 5.74) is 0. The average Bonchev–Trinajstić information content (AvgIpc) is 2.77. The van der Waals surface area contributed by atoms with E-state index in [1.165, 1.54) is 22.5 Å². The number of sulfonamides is 1. The lowest BCUT2D eigenvalue weighted by Crippen LogP contribution is -2.43. The zero-order valence-electron chi connectivity index (χ0n) is 16.7. The highest BCUT2D eigenvalue weighted by Gasteiger charge is 2.33. The quantitative estimate of drug-likeness (QED) is 0.643. The van der Waals surface area contributed by atoms with Crippen LogP contribution < -0.4 is 14.8 Å². The van der Waals surface area contributed by atoms with Crippen LogP contribution in [0.4, 0.5) is 4.39 Å². The normalized spacial score (nSPS) is 15.5. The molecule has 1 fully saturated rings. The molecule has 3 rings (SSSR count). The summed E-state index contributed by atoms with van der Waals surface area (Å²) >= 11 is 0. The number of halogens is 1. The maximum Gasteiger partial charge on any atom is 0.245 e. The Morgan fingerprint density at radius 3 is 2.40 bits per heavy atom. The Labute approximate surface area is 175 Å². The molecular weight excluding hydrogens is 411 g/mol. The third-order valence-electron chi connectivity index (χ3n) is 5.01. The van der Waals surface area contributed by atoms with Gasteiger partial charge >= 0.3 is 0 Å². The minimum absolute atomic E-state index is 0.137. The van der Waals surface area contributed by atoms with E-state index in [1.807, 2.05) is 12.1 Å². The fourth-order valence-electron chi connectivity index (χ4n) is 3.37. The molecule has 0 aliphatic carbocycles. The highest BCUT2D eigenvalue weighted by molar-refractivity contribution is 7.89. The summed E-state index contributed by atoms with van der Waals surface area (Å²) in [5.74, 6) is 0.0190. The number of piperidine rings is 1. The van der Waals surface area contributed by atoms with Crippen LogP contribution in [-0.4, -0.2) is 52.0 Å². The number of nitrogens with one attached hydrogen (secondary N) is 1. The Balaban J connectivity index is 1.46. The van der Waals surface area contributed by atoms with Crippen LogP contribution in [0.15, 0.2) is 53.4 Å². The Bertz CT molecular complexity index is 975. The number of carbonyl (C=O) groups excluding carboxylic acids is 1. The van der Waals surface area contributed by atoms with Gasteiger partial charge in [0, 0.05) is 19.0 Å². The van der Waals surface area contributed by atoms with Crippen LogP contribution >= 0.6 is 0 Å². The third-order valence-corrected chi connectivity index (χ3v) is 6.94. The molecular formula is C21H25FN2O5S. The van der Waals surface area contributed by atoms with Crippen LogP contribution in [0, 0.1) is 11.7 Å². The van der Waals surface area contributed by atoms with Crippen molar-refractivity contribution in [2.24, 2.45) is 5.92 Å². The molecule has 7 nitrogen and oxygen atoms in total. The number of para-hydroxylation sites is 2. The van der Waals surface area contributed by atoms with Crippen molar-refractivity contribution in [3.63, 3.8) is 0 Å². The molecule has 0 unspecified atom stereocenters. The lowest BCUT2D eigenvalue weighted by Gasteiger charge is -2.30. The zero-order chi connectivity index (χ0) is 21.6. The number of ether oxygens (including phenoxy) is 2. The summed E-state index contributed by atoms with van der Waals surface area (Å²) in [6.45, 7) is 0.955. The molecule has 9 heteroatoms. The Hall–Kier alpha value is -2.65. The lowest BCUT2D eigenvalue weighted by atomic mass is 9.97. The second kappa shape index (κ2) is 9.90. The van der Waals surface area contributed by atoms with Gasteiger partial charge in [0.25, 0.3) is 0 Å². The van der Waals surface area contributed by atoms with Crippen molar-refractivity contribution >= 4 is 15.9 Å². The topological polar surface area (TPSA) is 84.9 Å². The largest absolute Gasteiger partial charge is 0.493 e. The summed E-state index contributed by atoms with van der Waals surface area (Å²) in [4.78, 5) is 12.1. The highest BCUT2D eigenvalue weighted by atomic mass is 32.2. The monoisotopic (exact) mass is 436 g/mol. The van der Waals surface area contributed by atoms with Gasteiger partial charge in [0.2, 0.25) is 15.9 Å². The second-order valence-electron chi connectivity index (χ2n) is 6.90. The number of carbonyl (C=O) groups is 1. The number of rotatable bonds is 8. The van der Waals surface area contributed by atoms with Gasteiger partial charge < -0.3 is 14.8 Å². The zero-order valence-corrected chi connectivity index (χ0v) is 17.5. The van der Waals surface area contributed by atoms with E-state index in [-0.39, 0.29) is 36.4 Å². The van der Waals surface area contributed by atoms with E-state index < -0.39 is 15.8 Å². The number of methoxy groups -OCH3 is 1. The number of amides is 1. The van der Waals surface area contributed by atoms with Gasteiger partial charge in [-0.3, -0.25) is 4.79 Å². The molecule has 1 aliphatic rings. The van der Waals surface area contributed by atoms with Crippen molar-refractivity contribution in [1.29, 1.82) is 0 Å². The van der Waals surface area contributed by atoms with E-state index in [0.717, 1.165) is 6.07 Å². The van der Waals surface area contributed by atoms with Gasteiger partial charge in [-0.1, -0.05) is 24.3 Å². The van der Waals surface area contributed by atoms with Crippen molar-refractivity contribution in [1.82, 2.24) is 9.62 Å². The SMILES string of the molecule is COc1ccccc1OCCNC(=O)C1CCN(S(=O)(=O)c2ccccc2F)CC1. The molecule has 0 bridgehead atoms. The number of benzene rings is 2. The van der Waals surface area contributed by atoms with E-state index in [9.17, 15) is 17.6 Å². The maximum atomic E-state index is 13.9. The van der Waals surface area contributed by atoms with Crippen molar-refractivity contribution < 1.29 is 27.1 Å². The predicted octanol–water partition coefficient (Wildman–Crippen LogP) is 2.43. The predicted molar refractivity (Wildman–Crippen MR) is 109 cm³/mol. The first-order valence-corrected chi connectivity index (χ1v) is 11.2. The van der Waals surface area contributed by atoms with E-state index in [1.54, 1.807) is 19.2 Å². The Kier molecular flexibility index (Phi) is 7.28. The summed E-state index contributed by atoms with van der Waals surface area (Å²) in [6, 6.07) is 12.6. The summed E-state index contributed by atoms with van der Waals surface area (Å²) in [6.07, 6.45) is 0.764. The molecule has 0 aromatic heterocycles. The molecule has 0 atom stereocenters. The molecule has 1 heterocycles. The number of hydrogen-bond acceptors (Lipinski definition) is 5. The first-order valence-electron chi connectivity index (χ1n) is 9.71. The number of hydrogen-bond donors (Lipinski definition) is 1. The third kappa shape index (κ3) is 5.09. The van der Waals surface area contributed by atoms with Crippen molar-refractivity contribution in [2.75, 3.05) is 33.4 Å². The van der Waals surface area contributed by atoms with Crippen molar-refractivity contribution in [3.05, 3.63) is 54.3 Å². The molecule has 0 spiro atoms. The summed E-state index contributed by atoms with van der Waals surface area (Å²) in [5, 5.41) is 2.82.